The van der Waals surface area contributed by atoms with Gasteiger partial charge in [0.1, 0.15) is 5.75 Å². The Morgan fingerprint density at radius 3 is 2.45 bits per heavy atom. The van der Waals surface area contributed by atoms with Crippen LogP contribution in [0.2, 0.25) is 0 Å². The molecule has 1 N–H and O–H groups in total. The van der Waals surface area contributed by atoms with Gasteiger partial charge in [-0.25, -0.2) is 0 Å². The van der Waals surface area contributed by atoms with E-state index in [2.05, 4.69) is 54.6 Å². The predicted octanol–water partition coefficient (Wildman–Crippen LogP) is 4.46. The van der Waals surface area contributed by atoms with Crippen molar-refractivity contribution in [2.75, 3.05) is 27.7 Å². The van der Waals surface area contributed by atoms with Crippen molar-refractivity contribution < 1.29 is 9.53 Å². The fraction of sp³-hybridized carbons (Fsp3) is 0.480. The van der Waals surface area contributed by atoms with Gasteiger partial charge in [-0.15, -0.1) is 0 Å². The Bertz CT molecular complexity index is 767. The monoisotopic (exact) mass is 394 g/mol. The zero-order valence-corrected chi connectivity index (χ0v) is 17.9. The maximum atomic E-state index is 12.3. The van der Waals surface area contributed by atoms with Gasteiger partial charge in [-0.1, -0.05) is 42.5 Å². The summed E-state index contributed by atoms with van der Waals surface area (Å²) >= 11 is 0. The lowest BCUT2D eigenvalue weighted by Gasteiger charge is -2.37. The van der Waals surface area contributed by atoms with Gasteiger partial charge < -0.3 is 15.0 Å². The molecule has 0 aliphatic heterocycles. The molecule has 4 heteroatoms. The minimum atomic E-state index is 0.0934. The van der Waals surface area contributed by atoms with E-state index >= 15 is 0 Å². The summed E-state index contributed by atoms with van der Waals surface area (Å²) in [5, 5.41) is 3.15. The highest BCUT2D eigenvalue weighted by Gasteiger charge is 2.29. The van der Waals surface area contributed by atoms with E-state index in [1.165, 1.54) is 31.2 Å². The van der Waals surface area contributed by atoms with E-state index in [-0.39, 0.29) is 5.91 Å². The van der Waals surface area contributed by atoms with Gasteiger partial charge in [0.15, 0.2) is 0 Å². The molecule has 156 valence electrons. The Balaban J connectivity index is 1.46. The van der Waals surface area contributed by atoms with Crippen molar-refractivity contribution in [1.29, 1.82) is 0 Å². The summed E-state index contributed by atoms with van der Waals surface area (Å²) in [6, 6.07) is 19.0. The van der Waals surface area contributed by atoms with Crippen LogP contribution in [0.5, 0.6) is 5.75 Å². The molecule has 0 heterocycles. The molecule has 1 aliphatic carbocycles. The lowest BCUT2D eigenvalue weighted by molar-refractivity contribution is -0.120. The number of amides is 1. The number of ether oxygens (including phenoxy) is 1. The Hall–Kier alpha value is -2.33. The predicted molar refractivity (Wildman–Crippen MR) is 118 cm³/mol. The lowest BCUT2D eigenvalue weighted by atomic mass is 9.76. The number of nitrogens with zero attached hydrogens (tertiary/aromatic N) is 1. The third kappa shape index (κ3) is 6.07. The summed E-state index contributed by atoms with van der Waals surface area (Å²) < 4.78 is 5.23. The van der Waals surface area contributed by atoms with Gasteiger partial charge in [-0.05, 0) is 74.9 Å². The number of hydrogen-bond donors (Lipinski definition) is 1. The molecule has 1 amide bonds. The van der Waals surface area contributed by atoms with Crippen LogP contribution in [0.4, 0.5) is 0 Å². The molecule has 0 saturated heterocycles. The molecule has 1 atom stereocenters. The van der Waals surface area contributed by atoms with Crippen LogP contribution in [0.1, 0.15) is 42.9 Å². The van der Waals surface area contributed by atoms with Gasteiger partial charge in [-0.3, -0.25) is 4.79 Å². The van der Waals surface area contributed by atoms with Crippen LogP contribution in [0, 0.1) is 11.8 Å². The second kappa shape index (κ2) is 10.4. The highest BCUT2D eigenvalue weighted by atomic mass is 16.5. The molecule has 1 aliphatic rings. The quantitative estimate of drug-likeness (QED) is 0.719. The molecular weight excluding hydrogens is 360 g/mol. The summed E-state index contributed by atoms with van der Waals surface area (Å²) in [5.74, 6) is 2.15. The SMILES string of the molecule is COc1cccc(CC(=O)NCC2CCC(C(c3ccccc3)N(C)C)CC2)c1. The first-order chi connectivity index (χ1) is 14.1. The highest BCUT2D eigenvalue weighted by Crippen LogP contribution is 2.39. The molecule has 4 nitrogen and oxygen atoms in total. The molecule has 1 saturated carbocycles. The van der Waals surface area contributed by atoms with Crippen molar-refractivity contribution in [2.24, 2.45) is 11.8 Å². The number of benzene rings is 2. The van der Waals surface area contributed by atoms with E-state index in [1.54, 1.807) is 7.11 Å². The first kappa shape index (κ1) is 21.4. The average Bonchev–Trinajstić information content (AvgIpc) is 2.74. The third-order valence-electron chi connectivity index (χ3n) is 6.12. The van der Waals surface area contributed by atoms with Gasteiger partial charge >= 0.3 is 0 Å². The summed E-state index contributed by atoms with van der Waals surface area (Å²) in [6.45, 7) is 0.785. The zero-order valence-electron chi connectivity index (χ0n) is 17.9. The molecule has 0 spiro atoms. The molecule has 2 aromatic rings. The van der Waals surface area contributed by atoms with Crippen LogP contribution in [0.25, 0.3) is 0 Å². The Morgan fingerprint density at radius 2 is 1.79 bits per heavy atom. The first-order valence-corrected chi connectivity index (χ1v) is 10.7. The van der Waals surface area contributed by atoms with Gasteiger partial charge in [-0.2, -0.15) is 0 Å². The van der Waals surface area contributed by atoms with Crippen molar-refractivity contribution in [3.8, 4) is 5.75 Å². The number of carbonyl (C=O) groups excluding carboxylic acids is 1. The smallest absolute Gasteiger partial charge is 0.224 e. The second-order valence-electron chi connectivity index (χ2n) is 8.43. The number of rotatable bonds is 8. The molecule has 0 aromatic heterocycles. The topological polar surface area (TPSA) is 41.6 Å². The second-order valence-corrected chi connectivity index (χ2v) is 8.43. The number of hydrogen-bond acceptors (Lipinski definition) is 3. The van der Waals surface area contributed by atoms with E-state index in [4.69, 9.17) is 4.74 Å². The molecule has 0 radical (unpaired) electrons. The van der Waals surface area contributed by atoms with Crippen molar-refractivity contribution in [3.05, 3.63) is 65.7 Å². The van der Waals surface area contributed by atoms with Crippen LogP contribution in [0.3, 0.4) is 0 Å². The van der Waals surface area contributed by atoms with Crippen LogP contribution < -0.4 is 10.1 Å². The highest BCUT2D eigenvalue weighted by molar-refractivity contribution is 5.78. The lowest BCUT2D eigenvalue weighted by Crippen LogP contribution is -2.35. The third-order valence-corrected chi connectivity index (χ3v) is 6.12. The minimum Gasteiger partial charge on any atom is -0.497 e. The van der Waals surface area contributed by atoms with E-state index in [9.17, 15) is 4.79 Å². The summed E-state index contributed by atoms with van der Waals surface area (Å²) in [4.78, 5) is 14.7. The summed E-state index contributed by atoms with van der Waals surface area (Å²) in [7, 11) is 6.01. The summed E-state index contributed by atoms with van der Waals surface area (Å²) in [5.41, 5.74) is 2.40. The van der Waals surface area contributed by atoms with E-state index in [1.807, 2.05) is 24.3 Å². The summed E-state index contributed by atoms with van der Waals surface area (Å²) in [6.07, 6.45) is 5.20. The minimum absolute atomic E-state index is 0.0934. The maximum absolute atomic E-state index is 12.3. The Kier molecular flexibility index (Phi) is 7.70. The molecular formula is C25H34N2O2. The normalized spacial score (nSPS) is 20.3. The van der Waals surface area contributed by atoms with Crippen molar-refractivity contribution in [2.45, 2.75) is 38.1 Å². The molecule has 0 bridgehead atoms. The molecule has 29 heavy (non-hydrogen) atoms. The largest absolute Gasteiger partial charge is 0.497 e. The average molecular weight is 395 g/mol. The van der Waals surface area contributed by atoms with E-state index in [0.29, 0.717) is 24.3 Å². The van der Waals surface area contributed by atoms with Crippen LogP contribution >= 0.6 is 0 Å². The first-order valence-electron chi connectivity index (χ1n) is 10.7. The zero-order chi connectivity index (χ0) is 20.6. The van der Waals surface area contributed by atoms with Gasteiger partial charge in [0.25, 0.3) is 0 Å². The molecule has 2 aromatic carbocycles. The molecule has 3 rings (SSSR count). The van der Waals surface area contributed by atoms with Gasteiger partial charge in [0.05, 0.1) is 13.5 Å². The van der Waals surface area contributed by atoms with Crippen LogP contribution in [-0.2, 0) is 11.2 Å². The van der Waals surface area contributed by atoms with Crippen molar-refractivity contribution >= 4 is 5.91 Å². The Labute approximate surface area is 175 Å². The number of nitrogens with one attached hydrogen (secondary N) is 1. The number of carbonyl (C=O) groups is 1. The Morgan fingerprint density at radius 1 is 1.07 bits per heavy atom. The maximum Gasteiger partial charge on any atom is 0.224 e. The van der Waals surface area contributed by atoms with E-state index < -0.39 is 0 Å². The van der Waals surface area contributed by atoms with Crippen molar-refractivity contribution in [1.82, 2.24) is 10.2 Å². The van der Waals surface area contributed by atoms with E-state index in [0.717, 1.165) is 17.9 Å². The van der Waals surface area contributed by atoms with Gasteiger partial charge in [0.2, 0.25) is 5.91 Å². The van der Waals surface area contributed by atoms with Crippen LogP contribution in [-0.4, -0.2) is 38.6 Å². The fourth-order valence-electron chi connectivity index (χ4n) is 4.64. The standard InChI is InChI=1S/C25H34N2O2/c1-27(2)25(21-9-5-4-6-10-21)22-14-12-19(13-15-22)18-26-24(28)17-20-8-7-11-23(16-20)29-3/h4-11,16,19,22,25H,12-15,17-18H2,1-3H3,(H,26,28). The molecule has 1 fully saturated rings. The fourth-order valence-corrected chi connectivity index (χ4v) is 4.64. The molecule has 1 unspecified atom stereocenters. The van der Waals surface area contributed by atoms with Gasteiger partial charge in [0, 0.05) is 12.6 Å². The number of methoxy groups -OCH3 is 1. The van der Waals surface area contributed by atoms with Crippen LogP contribution in [0.15, 0.2) is 54.6 Å². The van der Waals surface area contributed by atoms with Crippen molar-refractivity contribution in [3.63, 3.8) is 0 Å².